The largest absolute Gasteiger partial charge is 0.352 e. The number of fused-ring (bicyclic) bond motifs is 1. The van der Waals surface area contributed by atoms with Crippen LogP contribution in [0.1, 0.15) is 18.9 Å². The minimum Gasteiger partial charge on any atom is -0.352 e. The van der Waals surface area contributed by atoms with Crippen molar-refractivity contribution in [3.63, 3.8) is 0 Å². The minimum absolute atomic E-state index is 0.000122. The van der Waals surface area contributed by atoms with Gasteiger partial charge in [0.25, 0.3) is 0 Å². The number of hydrogen-bond donors (Lipinski definition) is 2. The first kappa shape index (κ1) is 19.6. The monoisotopic (exact) mass is 392 g/mol. The normalized spacial score (nSPS) is 24.4. The number of nitrogens with zero attached hydrogens (tertiary/aromatic N) is 2. The zero-order valence-electron chi connectivity index (χ0n) is 16.8. The molecule has 3 atom stereocenters. The number of hydrazine groups is 1. The summed E-state index contributed by atoms with van der Waals surface area (Å²) in [5.41, 5.74) is 5.23. The van der Waals surface area contributed by atoms with Crippen LogP contribution in [0.3, 0.4) is 0 Å². The van der Waals surface area contributed by atoms with Crippen molar-refractivity contribution in [3.05, 3.63) is 66.2 Å². The Labute approximate surface area is 171 Å². The molecule has 0 aliphatic carbocycles. The maximum absolute atomic E-state index is 13.1. The quantitative estimate of drug-likeness (QED) is 0.791. The Hall–Kier alpha value is -2.70. The fourth-order valence-electron chi connectivity index (χ4n) is 4.37. The first-order valence-electron chi connectivity index (χ1n) is 10.4. The molecule has 2 aliphatic heterocycles. The van der Waals surface area contributed by atoms with Crippen LogP contribution in [0.2, 0.25) is 0 Å². The Morgan fingerprint density at radius 1 is 1.07 bits per heavy atom. The van der Waals surface area contributed by atoms with Crippen molar-refractivity contribution in [2.45, 2.75) is 25.9 Å². The molecule has 4 rings (SSSR count). The first-order valence-corrected chi connectivity index (χ1v) is 10.4. The number of piperidine rings is 1. The molecule has 152 valence electrons. The lowest BCUT2D eigenvalue weighted by molar-refractivity contribution is -0.130. The van der Waals surface area contributed by atoms with Crippen molar-refractivity contribution in [3.8, 4) is 0 Å². The third-order valence-corrected chi connectivity index (χ3v) is 5.79. The van der Waals surface area contributed by atoms with Crippen molar-refractivity contribution >= 4 is 17.5 Å². The van der Waals surface area contributed by atoms with E-state index in [1.165, 1.54) is 0 Å². The lowest BCUT2D eigenvalue weighted by Crippen LogP contribution is -2.57. The molecule has 0 saturated carbocycles. The van der Waals surface area contributed by atoms with E-state index in [1.807, 2.05) is 60.7 Å². The predicted octanol–water partition coefficient (Wildman–Crippen LogP) is 2.18. The molecule has 0 bridgehead atoms. The molecule has 2 saturated heterocycles. The third kappa shape index (κ3) is 4.18. The van der Waals surface area contributed by atoms with E-state index in [0.717, 1.165) is 24.2 Å². The van der Waals surface area contributed by atoms with Gasteiger partial charge in [-0.3, -0.25) is 9.59 Å². The second-order valence-corrected chi connectivity index (χ2v) is 7.84. The number of benzene rings is 2. The van der Waals surface area contributed by atoms with E-state index in [4.69, 9.17) is 0 Å². The summed E-state index contributed by atoms with van der Waals surface area (Å²) in [7, 11) is 0. The van der Waals surface area contributed by atoms with Crippen LogP contribution in [0.15, 0.2) is 60.7 Å². The average Bonchev–Trinajstić information content (AvgIpc) is 3.10. The van der Waals surface area contributed by atoms with Gasteiger partial charge in [0, 0.05) is 19.6 Å². The van der Waals surface area contributed by atoms with Crippen molar-refractivity contribution in [2.24, 2.45) is 11.8 Å². The Morgan fingerprint density at radius 2 is 1.76 bits per heavy atom. The number of hydrogen-bond acceptors (Lipinski definition) is 4. The molecule has 6 heteroatoms. The van der Waals surface area contributed by atoms with Crippen LogP contribution in [0.25, 0.3) is 0 Å². The van der Waals surface area contributed by atoms with E-state index >= 15 is 0 Å². The maximum Gasteiger partial charge on any atom is 0.247 e. The topological polar surface area (TPSA) is 64.7 Å². The molecule has 29 heavy (non-hydrogen) atoms. The lowest BCUT2D eigenvalue weighted by atomic mass is 9.84. The average molecular weight is 393 g/mol. The summed E-state index contributed by atoms with van der Waals surface area (Å²) in [6.45, 7) is 4.87. The molecule has 0 radical (unpaired) electrons. The Morgan fingerprint density at radius 3 is 2.45 bits per heavy atom. The van der Waals surface area contributed by atoms with E-state index in [9.17, 15) is 9.59 Å². The van der Waals surface area contributed by atoms with Crippen LogP contribution in [0.5, 0.6) is 0 Å². The Bertz CT molecular complexity index is 842. The van der Waals surface area contributed by atoms with Gasteiger partial charge in [-0.15, -0.1) is 0 Å². The van der Waals surface area contributed by atoms with Gasteiger partial charge < -0.3 is 10.2 Å². The highest BCUT2D eigenvalue weighted by atomic mass is 16.2. The smallest absolute Gasteiger partial charge is 0.247 e. The fraction of sp³-hybridized carbons (Fsp3) is 0.391. The van der Waals surface area contributed by atoms with Gasteiger partial charge in [0.15, 0.2) is 0 Å². The van der Waals surface area contributed by atoms with Crippen molar-refractivity contribution in [2.75, 3.05) is 24.6 Å². The molecule has 3 unspecified atom stereocenters. The van der Waals surface area contributed by atoms with E-state index in [-0.39, 0.29) is 29.7 Å². The number of nitrogens with one attached hydrogen (secondary N) is 2. The lowest BCUT2D eigenvalue weighted by Gasteiger charge is -2.38. The van der Waals surface area contributed by atoms with E-state index in [0.29, 0.717) is 19.6 Å². The Balaban J connectivity index is 1.52. The summed E-state index contributed by atoms with van der Waals surface area (Å²) in [6, 6.07) is 19.3. The standard InChI is InChI=1S/C23H28N4O2/c1-2-13-26-15-19(22(28)24-14-17-9-5-3-6-10-17)21-20(16-26)23(29)27(25-21)18-11-7-4-8-12-18/h3-12,19-21,25H,2,13-16H2,1H3,(H,24,28). The predicted molar refractivity (Wildman–Crippen MR) is 113 cm³/mol. The van der Waals surface area contributed by atoms with Crippen LogP contribution in [-0.2, 0) is 16.1 Å². The van der Waals surface area contributed by atoms with Gasteiger partial charge in [-0.1, -0.05) is 55.5 Å². The minimum atomic E-state index is -0.276. The number of amides is 2. The van der Waals surface area contributed by atoms with Gasteiger partial charge in [-0.2, -0.15) is 0 Å². The van der Waals surface area contributed by atoms with E-state index in [1.54, 1.807) is 5.01 Å². The zero-order chi connectivity index (χ0) is 20.2. The molecule has 0 spiro atoms. The van der Waals surface area contributed by atoms with Crippen molar-refractivity contribution in [1.29, 1.82) is 0 Å². The van der Waals surface area contributed by atoms with Gasteiger partial charge >= 0.3 is 0 Å². The number of para-hydroxylation sites is 1. The molecule has 2 fully saturated rings. The highest BCUT2D eigenvalue weighted by molar-refractivity contribution is 5.98. The second-order valence-electron chi connectivity index (χ2n) is 7.84. The van der Waals surface area contributed by atoms with Crippen LogP contribution in [0, 0.1) is 11.8 Å². The molecule has 2 aromatic rings. The van der Waals surface area contributed by atoms with Crippen LogP contribution in [0.4, 0.5) is 5.69 Å². The second kappa shape index (κ2) is 8.76. The summed E-state index contributed by atoms with van der Waals surface area (Å²) in [5, 5.41) is 4.71. The zero-order valence-corrected chi connectivity index (χ0v) is 16.8. The SMILES string of the molecule is CCCN1CC(C(=O)NCc2ccccc2)C2NN(c3ccccc3)C(=O)C2C1. The van der Waals surface area contributed by atoms with E-state index < -0.39 is 0 Å². The van der Waals surface area contributed by atoms with Crippen molar-refractivity contribution in [1.82, 2.24) is 15.6 Å². The maximum atomic E-state index is 13.1. The number of rotatable bonds is 6. The highest BCUT2D eigenvalue weighted by Gasteiger charge is 2.50. The molecule has 0 aromatic heterocycles. The molecule has 2 aliphatic rings. The summed E-state index contributed by atoms with van der Waals surface area (Å²) < 4.78 is 0. The fourth-order valence-corrected chi connectivity index (χ4v) is 4.37. The number of carbonyl (C=O) groups excluding carboxylic acids is 2. The van der Waals surface area contributed by atoms with Gasteiger partial charge in [0.05, 0.1) is 23.6 Å². The molecule has 2 amide bonds. The van der Waals surface area contributed by atoms with Gasteiger partial charge in [0.1, 0.15) is 0 Å². The molecular weight excluding hydrogens is 364 g/mol. The molecule has 2 heterocycles. The van der Waals surface area contributed by atoms with Gasteiger partial charge in [-0.25, -0.2) is 10.4 Å². The summed E-state index contributed by atoms with van der Waals surface area (Å²) in [5.74, 6) is -0.451. The highest BCUT2D eigenvalue weighted by Crippen LogP contribution is 2.32. The van der Waals surface area contributed by atoms with Crippen LogP contribution < -0.4 is 15.8 Å². The van der Waals surface area contributed by atoms with Gasteiger partial charge in [0.2, 0.25) is 11.8 Å². The molecule has 2 aromatic carbocycles. The number of carbonyl (C=O) groups is 2. The summed E-state index contributed by atoms with van der Waals surface area (Å²) in [6.07, 6.45) is 1.000. The molecule has 2 N–H and O–H groups in total. The van der Waals surface area contributed by atoms with Gasteiger partial charge in [-0.05, 0) is 30.7 Å². The molecular formula is C23H28N4O2. The summed E-state index contributed by atoms with van der Waals surface area (Å²) >= 11 is 0. The Kier molecular flexibility index (Phi) is 5.92. The number of likely N-dealkylation sites (tertiary alicyclic amines) is 1. The van der Waals surface area contributed by atoms with E-state index in [2.05, 4.69) is 22.6 Å². The first-order chi connectivity index (χ1) is 14.2. The van der Waals surface area contributed by atoms with Crippen LogP contribution >= 0.6 is 0 Å². The summed E-state index contributed by atoms with van der Waals surface area (Å²) in [4.78, 5) is 28.5. The van der Waals surface area contributed by atoms with Crippen molar-refractivity contribution < 1.29 is 9.59 Å². The molecule has 6 nitrogen and oxygen atoms in total. The third-order valence-electron chi connectivity index (χ3n) is 5.79. The van der Waals surface area contributed by atoms with Crippen LogP contribution in [-0.4, -0.2) is 42.4 Å². The number of anilines is 1.